The third-order valence-electron chi connectivity index (χ3n) is 5.56. The molecule has 2 heterocycles. The smallest absolute Gasteiger partial charge is 0.292 e. The first kappa shape index (κ1) is 19.4. The van der Waals surface area contributed by atoms with Crippen LogP contribution in [-0.2, 0) is 11.2 Å². The summed E-state index contributed by atoms with van der Waals surface area (Å²) < 4.78 is 54.8. The number of rotatable bonds is 4. The summed E-state index contributed by atoms with van der Waals surface area (Å²) in [6.07, 6.45) is -1.82. The molecule has 0 spiro atoms. The van der Waals surface area contributed by atoms with Crippen LogP contribution >= 0.6 is 0 Å². The maximum absolute atomic E-state index is 13.6. The second-order valence-corrected chi connectivity index (χ2v) is 7.53. The Labute approximate surface area is 164 Å². The van der Waals surface area contributed by atoms with Gasteiger partial charge in [-0.1, -0.05) is 12.1 Å². The van der Waals surface area contributed by atoms with E-state index in [1.807, 2.05) is 6.07 Å². The van der Waals surface area contributed by atoms with Gasteiger partial charge in [0, 0.05) is 12.5 Å². The first-order valence-corrected chi connectivity index (χ1v) is 9.40. The fraction of sp³-hybridized carbons (Fsp3) is 0.450. The Morgan fingerprint density at radius 3 is 2.52 bits per heavy atom. The molecule has 1 aromatic carbocycles. The van der Waals surface area contributed by atoms with E-state index in [0.29, 0.717) is 6.42 Å². The number of alkyl halides is 3. The molecule has 152 valence electrons. The summed E-state index contributed by atoms with van der Waals surface area (Å²) in [6, 6.07) is 5.13. The van der Waals surface area contributed by atoms with Gasteiger partial charge in [-0.15, -0.1) is 0 Å². The molecule has 0 saturated heterocycles. The number of benzene rings is 1. The predicted octanol–water partition coefficient (Wildman–Crippen LogP) is 4.15. The van der Waals surface area contributed by atoms with E-state index in [2.05, 4.69) is 5.10 Å². The van der Waals surface area contributed by atoms with Crippen LogP contribution in [0.2, 0.25) is 0 Å². The second-order valence-electron chi connectivity index (χ2n) is 7.53. The number of nitrogens with zero attached hydrogens (tertiary/aromatic N) is 4. The minimum Gasteiger partial charge on any atom is -0.292 e. The van der Waals surface area contributed by atoms with Crippen molar-refractivity contribution in [1.29, 1.82) is 5.26 Å². The van der Waals surface area contributed by atoms with Crippen molar-refractivity contribution in [2.45, 2.75) is 50.4 Å². The first-order chi connectivity index (χ1) is 13.8. The van der Waals surface area contributed by atoms with E-state index in [1.54, 1.807) is 12.1 Å². The van der Waals surface area contributed by atoms with Gasteiger partial charge in [0.15, 0.2) is 11.9 Å². The third-order valence-corrected chi connectivity index (χ3v) is 5.56. The Kier molecular flexibility index (Phi) is 4.81. The predicted molar refractivity (Wildman–Crippen MR) is 95.4 cm³/mol. The topological polar surface area (TPSA) is 61.9 Å². The highest BCUT2D eigenvalue weighted by atomic mass is 19.4. The van der Waals surface area contributed by atoms with Crippen molar-refractivity contribution in [2.24, 2.45) is 5.92 Å². The van der Waals surface area contributed by atoms with Gasteiger partial charge in [-0.05, 0) is 49.3 Å². The van der Waals surface area contributed by atoms with Crippen molar-refractivity contribution in [3.05, 3.63) is 47.4 Å². The molecule has 2 atom stereocenters. The quantitative estimate of drug-likeness (QED) is 0.717. The number of carbonyl (C=O) groups excluding carboxylic acids is 1. The SMILES string of the molecule is N#Cc1cnn2c1N(C(=O)CCc1ccc(F)cc1)[C@@H](C1CC1)C[C@H]2C(F)(F)F. The van der Waals surface area contributed by atoms with Crippen LogP contribution in [-0.4, -0.2) is 27.9 Å². The maximum atomic E-state index is 13.6. The zero-order valence-electron chi connectivity index (χ0n) is 15.4. The molecule has 2 aromatic rings. The summed E-state index contributed by atoms with van der Waals surface area (Å²) >= 11 is 0. The van der Waals surface area contributed by atoms with Crippen LogP contribution in [0.5, 0.6) is 0 Å². The summed E-state index contributed by atoms with van der Waals surface area (Å²) in [5.41, 5.74) is 0.710. The maximum Gasteiger partial charge on any atom is 0.410 e. The van der Waals surface area contributed by atoms with Gasteiger partial charge >= 0.3 is 6.18 Å². The molecule has 1 aliphatic carbocycles. The fourth-order valence-corrected chi connectivity index (χ4v) is 3.98. The summed E-state index contributed by atoms with van der Waals surface area (Å²) in [6.45, 7) is 0. The number of halogens is 4. The van der Waals surface area contributed by atoms with Gasteiger partial charge in [0.25, 0.3) is 0 Å². The van der Waals surface area contributed by atoms with Crippen LogP contribution < -0.4 is 4.90 Å². The fourth-order valence-electron chi connectivity index (χ4n) is 3.98. The van der Waals surface area contributed by atoms with Crippen molar-refractivity contribution in [1.82, 2.24) is 9.78 Å². The van der Waals surface area contributed by atoms with Crippen LogP contribution in [0, 0.1) is 23.1 Å². The van der Waals surface area contributed by atoms with Crippen LogP contribution in [0.3, 0.4) is 0 Å². The van der Waals surface area contributed by atoms with Crippen molar-refractivity contribution >= 4 is 11.7 Å². The molecule has 9 heteroatoms. The van der Waals surface area contributed by atoms with Crippen molar-refractivity contribution in [3.63, 3.8) is 0 Å². The lowest BCUT2D eigenvalue weighted by molar-refractivity contribution is -0.175. The number of hydrogen-bond donors (Lipinski definition) is 0. The molecule has 4 rings (SSSR count). The minimum atomic E-state index is -4.52. The van der Waals surface area contributed by atoms with E-state index < -0.39 is 18.3 Å². The lowest BCUT2D eigenvalue weighted by Crippen LogP contribution is -2.51. The van der Waals surface area contributed by atoms with E-state index in [0.717, 1.165) is 29.3 Å². The Balaban J connectivity index is 1.66. The molecular weight excluding hydrogens is 388 g/mol. The second kappa shape index (κ2) is 7.17. The van der Waals surface area contributed by atoms with Crippen molar-refractivity contribution in [2.75, 3.05) is 4.90 Å². The normalized spacial score (nSPS) is 21.6. The molecule has 0 radical (unpaired) electrons. The highest BCUT2D eigenvalue weighted by Gasteiger charge is 2.53. The van der Waals surface area contributed by atoms with Crippen molar-refractivity contribution in [3.8, 4) is 6.07 Å². The van der Waals surface area contributed by atoms with Gasteiger partial charge in [0.1, 0.15) is 17.4 Å². The molecule has 1 amide bonds. The van der Waals surface area contributed by atoms with E-state index in [9.17, 15) is 27.6 Å². The lowest BCUT2D eigenvalue weighted by atomic mass is 9.96. The Morgan fingerprint density at radius 2 is 1.93 bits per heavy atom. The summed E-state index contributed by atoms with van der Waals surface area (Å²) in [7, 11) is 0. The standard InChI is InChI=1S/C20H18F4N4O/c21-15-6-1-12(2-7-15)3-8-18(29)27-16(13-4-5-13)9-17(20(22,23)24)28-19(27)14(10-25)11-26-28/h1-2,6-7,11,13,16-17H,3-5,8-9H2/t16-,17+/m1/s1. The zero-order chi connectivity index (χ0) is 20.8. The number of anilines is 1. The molecule has 5 nitrogen and oxygen atoms in total. The molecule has 0 unspecified atom stereocenters. The van der Waals surface area contributed by atoms with Crippen LogP contribution in [0.1, 0.15) is 42.9 Å². The first-order valence-electron chi connectivity index (χ1n) is 9.40. The number of nitriles is 1. The average Bonchev–Trinajstić information content (AvgIpc) is 3.44. The molecule has 0 bridgehead atoms. The monoisotopic (exact) mass is 406 g/mol. The van der Waals surface area contributed by atoms with Crippen LogP contribution in [0.25, 0.3) is 0 Å². The number of fused-ring (bicyclic) bond motifs is 1. The number of aryl methyl sites for hydroxylation is 1. The highest BCUT2D eigenvalue weighted by Crippen LogP contribution is 2.49. The van der Waals surface area contributed by atoms with Gasteiger partial charge in [0.05, 0.1) is 6.20 Å². The summed E-state index contributed by atoms with van der Waals surface area (Å²) in [4.78, 5) is 14.4. The average molecular weight is 406 g/mol. The minimum absolute atomic E-state index is 0.00943. The van der Waals surface area contributed by atoms with Crippen molar-refractivity contribution < 1.29 is 22.4 Å². The Hall–Kier alpha value is -2.89. The third kappa shape index (κ3) is 3.71. The highest BCUT2D eigenvalue weighted by molar-refractivity contribution is 5.95. The van der Waals surface area contributed by atoms with Gasteiger partial charge in [-0.25, -0.2) is 9.07 Å². The van der Waals surface area contributed by atoms with Crippen LogP contribution in [0.4, 0.5) is 23.4 Å². The number of amides is 1. The Morgan fingerprint density at radius 1 is 1.24 bits per heavy atom. The largest absolute Gasteiger partial charge is 0.410 e. The summed E-state index contributed by atoms with van der Waals surface area (Å²) in [5, 5.41) is 13.2. The number of aromatic nitrogens is 2. The van der Waals surface area contributed by atoms with Gasteiger partial charge in [-0.3, -0.25) is 9.69 Å². The van der Waals surface area contributed by atoms with Gasteiger partial charge in [-0.2, -0.15) is 23.5 Å². The number of hydrogen-bond acceptors (Lipinski definition) is 3. The molecule has 1 saturated carbocycles. The van der Waals surface area contributed by atoms with E-state index >= 15 is 0 Å². The van der Waals surface area contributed by atoms with E-state index in [-0.39, 0.29) is 41.9 Å². The Bertz CT molecular complexity index is 956. The molecular formula is C20H18F4N4O. The lowest BCUT2D eigenvalue weighted by Gasteiger charge is -2.40. The summed E-state index contributed by atoms with van der Waals surface area (Å²) in [5.74, 6) is -0.817. The van der Waals surface area contributed by atoms with E-state index in [4.69, 9.17) is 0 Å². The molecule has 1 fully saturated rings. The van der Waals surface area contributed by atoms with E-state index in [1.165, 1.54) is 17.0 Å². The number of carbonyl (C=O) groups is 1. The molecule has 2 aliphatic rings. The molecule has 1 aromatic heterocycles. The zero-order valence-corrected chi connectivity index (χ0v) is 15.4. The van der Waals surface area contributed by atoms with Gasteiger partial charge < -0.3 is 0 Å². The molecule has 0 N–H and O–H groups in total. The van der Waals surface area contributed by atoms with Gasteiger partial charge in [0.2, 0.25) is 5.91 Å². The van der Waals surface area contributed by atoms with Crippen LogP contribution in [0.15, 0.2) is 30.5 Å². The molecule has 29 heavy (non-hydrogen) atoms. The molecule has 1 aliphatic heterocycles.